The summed E-state index contributed by atoms with van der Waals surface area (Å²) in [6, 6.07) is 13.4. The first-order chi connectivity index (χ1) is 12.6. The normalized spacial score (nSPS) is 10.7. The van der Waals surface area contributed by atoms with Gasteiger partial charge in [-0.25, -0.2) is 9.18 Å². The number of nitrogens with zero attached hydrogens (tertiary/aromatic N) is 1. The largest absolute Gasteiger partial charge is 0.490 e. The highest BCUT2D eigenvalue weighted by Gasteiger charge is 2.19. The van der Waals surface area contributed by atoms with E-state index in [1.807, 2.05) is 38.1 Å². The molecular weight excluding hydrogens is 333 g/mol. The average Bonchev–Trinajstić information content (AvgIpc) is 2.66. The molecule has 3 rings (SSSR count). The maximum Gasteiger partial charge on any atom is 0.340 e. The van der Waals surface area contributed by atoms with E-state index < -0.39 is 5.97 Å². The summed E-state index contributed by atoms with van der Waals surface area (Å²) in [4.78, 5) is 17.2. The molecule has 3 aromatic rings. The first-order valence-electron chi connectivity index (χ1n) is 8.54. The summed E-state index contributed by atoms with van der Waals surface area (Å²) < 4.78 is 23.7. The summed E-state index contributed by atoms with van der Waals surface area (Å²) >= 11 is 0. The Bertz CT molecular complexity index is 922. The van der Waals surface area contributed by atoms with Gasteiger partial charge in [-0.2, -0.15) is 0 Å². The van der Waals surface area contributed by atoms with E-state index in [1.165, 1.54) is 24.3 Å². The molecule has 0 fully saturated rings. The molecule has 4 nitrogen and oxygen atoms in total. The van der Waals surface area contributed by atoms with E-state index in [0.29, 0.717) is 17.7 Å². The van der Waals surface area contributed by atoms with Crippen LogP contribution in [0.3, 0.4) is 0 Å². The van der Waals surface area contributed by atoms with E-state index in [0.717, 1.165) is 22.2 Å². The van der Waals surface area contributed by atoms with Gasteiger partial charge in [0.15, 0.2) is 0 Å². The number of para-hydroxylation sites is 1. The number of esters is 1. The van der Waals surface area contributed by atoms with Gasteiger partial charge in [-0.15, -0.1) is 0 Å². The number of carbonyl (C=O) groups is 1. The van der Waals surface area contributed by atoms with Crippen LogP contribution in [0.25, 0.3) is 10.9 Å². The third-order valence-corrected chi connectivity index (χ3v) is 4.16. The first-order valence-corrected chi connectivity index (χ1v) is 8.54. The molecule has 0 amide bonds. The number of benzene rings is 2. The van der Waals surface area contributed by atoms with Crippen LogP contribution in [0, 0.1) is 12.7 Å². The summed E-state index contributed by atoms with van der Waals surface area (Å²) in [5, 5.41) is 0.944. The second-order valence-corrected chi connectivity index (χ2v) is 5.87. The van der Waals surface area contributed by atoms with E-state index in [9.17, 15) is 9.18 Å². The summed E-state index contributed by atoms with van der Waals surface area (Å²) in [6.07, 6.45) is 0.641. The quantitative estimate of drug-likeness (QED) is 0.484. The van der Waals surface area contributed by atoms with E-state index in [1.54, 1.807) is 0 Å². The lowest BCUT2D eigenvalue weighted by Crippen LogP contribution is -2.16. The van der Waals surface area contributed by atoms with E-state index in [2.05, 4.69) is 4.98 Å². The fourth-order valence-corrected chi connectivity index (χ4v) is 2.86. The zero-order chi connectivity index (χ0) is 18.5. The van der Waals surface area contributed by atoms with Crippen molar-refractivity contribution in [1.82, 2.24) is 4.98 Å². The molecule has 0 N–H and O–H groups in total. The molecule has 0 aliphatic rings. The standard InChI is InChI=1S/C21H20FNO3/c1-3-18-20(14(2)17-6-4-5-7-19(17)23-18)21(24)26-13-12-25-16-10-8-15(22)9-11-16/h4-11H,3,12-13H2,1-2H3. The van der Waals surface area contributed by atoms with Gasteiger partial charge in [-0.05, 0) is 49.2 Å². The Labute approximate surface area is 151 Å². The molecule has 0 saturated heterocycles. The topological polar surface area (TPSA) is 48.4 Å². The van der Waals surface area contributed by atoms with Gasteiger partial charge in [0.25, 0.3) is 0 Å². The van der Waals surface area contributed by atoms with Crippen molar-refractivity contribution in [1.29, 1.82) is 0 Å². The van der Waals surface area contributed by atoms with Crippen LogP contribution in [0.15, 0.2) is 48.5 Å². The number of aromatic nitrogens is 1. The minimum absolute atomic E-state index is 0.103. The van der Waals surface area contributed by atoms with Gasteiger partial charge in [-0.1, -0.05) is 25.1 Å². The van der Waals surface area contributed by atoms with Crippen LogP contribution in [-0.4, -0.2) is 24.2 Å². The minimum atomic E-state index is -0.402. The molecule has 0 spiro atoms. The van der Waals surface area contributed by atoms with Crippen LogP contribution in [0.1, 0.15) is 28.5 Å². The number of hydrogen-bond acceptors (Lipinski definition) is 4. The molecule has 0 bridgehead atoms. The molecule has 0 atom stereocenters. The highest BCUT2D eigenvalue weighted by atomic mass is 19.1. The third-order valence-electron chi connectivity index (χ3n) is 4.16. The monoisotopic (exact) mass is 353 g/mol. The van der Waals surface area contributed by atoms with Crippen LogP contribution in [-0.2, 0) is 11.2 Å². The van der Waals surface area contributed by atoms with Gasteiger partial charge in [-0.3, -0.25) is 4.98 Å². The van der Waals surface area contributed by atoms with Gasteiger partial charge in [0.1, 0.15) is 24.8 Å². The molecule has 5 heteroatoms. The first kappa shape index (κ1) is 17.9. The Balaban J connectivity index is 1.69. The zero-order valence-corrected chi connectivity index (χ0v) is 14.8. The Hall–Kier alpha value is -2.95. The smallest absolute Gasteiger partial charge is 0.340 e. The van der Waals surface area contributed by atoms with Crippen LogP contribution in [0.5, 0.6) is 5.75 Å². The number of ether oxygens (including phenoxy) is 2. The van der Waals surface area contributed by atoms with Crippen molar-refractivity contribution in [2.45, 2.75) is 20.3 Å². The second-order valence-electron chi connectivity index (χ2n) is 5.87. The van der Waals surface area contributed by atoms with Gasteiger partial charge in [0, 0.05) is 5.39 Å². The van der Waals surface area contributed by atoms with Crippen molar-refractivity contribution in [3.63, 3.8) is 0 Å². The Kier molecular flexibility index (Phi) is 5.46. The molecule has 1 aromatic heterocycles. The minimum Gasteiger partial charge on any atom is -0.490 e. The molecule has 134 valence electrons. The maximum atomic E-state index is 12.9. The number of halogens is 1. The zero-order valence-electron chi connectivity index (χ0n) is 14.8. The van der Waals surface area contributed by atoms with E-state index in [4.69, 9.17) is 9.47 Å². The molecule has 2 aromatic carbocycles. The van der Waals surface area contributed by atoms with Gasteiger partial charge in [0.05, 0.1) is 16.8 Å². The molecule has 0 aliphatic carbocycles. The number of pyridine rings is 1. The van der Waals surface area contributed by atoms with Crippen LogP contribution in [0.2, 0.25) is 0 Å². The average molecular weight is 353 g/mol. The molecule has 0 aliphatic heterocycles. The third kappa shape index (κ3) is 3.82. The Morgan fingerprint density at radius 2 is 1.81 bits per heavy atom. The van der Waals surface area contributed by atoms with Gasteiger partial charge < -0.3 is 9.47 Å². The lowest BCUT2D eigenvalue weighted by Gasteiger charge is -2.13. The van der Waals surface area contributed by atoms with Crippen molar-refractivity contribution in [3.8, 4) is 5.75 Å². The van der Waals surface area contributed by atoms with Crippen molar-refractivity contribution >= 4 is 16.9 Å². The molecule has 26 heavy (non-hydrogen) atoms. The van der Waals surface area contributed by atoms with Gasteiger partial charge >= 0.3 is 5.97 Å². The number of carbonyl (C=O) groups excluding carboxylic acids is 1. The molecular formula is C21H20FNO3. The Morgan fingerprint density at radius 3 is 2.54 bits per heavy atom. The summed E-state index contributed by atoms with van der Waals surface area (Å²) in [5.74, 6) is -0.198. The van der Waals surface area contributed by atoms with E-state index in [-0.39, 0.29) is 19.0 Å². The predicted molar refractivity (Wildman–Crippen MR) is 98.0 cm³/mol. The maximum absolute atomic E-state index is 12.9. The van der Waals surface area contributed by atoms with Crippen molar-refractivity contribution in [3.05, 3.63) is 71.2 Å². The van der Waals surface area contributed by atoms with Crippen LogP contribution < -0.4 is 4.74 Å². The fourth-order valence-electron chi connectivity index (χ4n) is 2.86. The SMILES string of the molecule is CCc1nc2ccccc2c(C)c1C(=O)OCCOc1ccc(F)cc1. The number of rotatable bonds is 6. The summed E-state index contributed by atoms with van der Waals surface area (Å²) in [5.41, 5.74) is 2.99. The van der Waals surface area contributed by atoms with Gasteiger partial charge in [0.2, 0.25) is 0 Å². The van der Waals surface area contributed by atoms with Crippen molar-refractivity contribution < 1.29 is 18.7 Å². The van der Waals surface area contributed by atoms with E-state index >= 15 is 0 Å². The van der Waals surface area contributed by atoms with Crippen LogP contribution in [0.4, 0.5) is 4.39 Å². The summed E-state index contributed by atoms with van der Waals surface area (Å²) in [7, 11) is 0. The van der Waals surface area contributed by atoms with Crippen molar-refractivity contribution in [2.24, 2.45) is 0 Å². The fraction of sp³-hybridized carbons (Fsp3) is 0.238. The lowest BCUT2D eigenvalue weighted by atomic mass is 10.0. The highest BCUT2D eigenvalue weighted by molar-refractivity contribution is 5.98. The number of aryl methyl sites for hydroxylation is 2. The highest BCUT2D eigenvalue weighted by Crippen LogP contribution is 2.24. The molecule has 0 radical (unpaired) electrons. The lowest BCUT2D eigenvalue weighted by molar-refractivity contribution is 0.0448. The van der Waals surface area contributed by atoms with Crippen LogP contribution >= 0.6 is 0 Å². The molecule has 1 heterocycles. The number of hydrogen-bond donors (Lipinski definition) is 0. The molecule has 0 saturated carbocycles. The molecule has 0 unspecified atom stereocenters. The second kappa shape index (κ2) is 7.95. The summed E-state index contributed by atoms with van der Waals surface area (Å²) in [6.45, 7) is 4.17. The number of fused-ring (bicyclic) bond motifs is 1. The predicted octanol–water partition coefficient (Wildman–Crippen LogP) is 4.48. The van der Waals surface area contributed by atoms with Crippen molar-refractivity contribution in [2.75, 3.05) is 13.2 Å². The Morgan fingerprint density at radius 1 is 1.08 bits per heavy atom.